The monoisotopic (exact) mass is 352 g/mol. The zero-order chi connectivity index (χ0) is 15.0. The molecule has 106 valence electrons. The Bertz CT molecular complexity index is 623. The molecule has 19 heavy (non-hydrogen) atoms. The quantitative estimate of drug-likeness (QED) is 0.781. The lowest BCUT2D eigenvalue weighted by Crippen LogP contribution is -2.40. The summed E-state index contributed by atoms with van der Waals surface area (Å²) in [5.74, 6) is -1.24. The molecule has 0 atom stereocenters. The summed E-state index contributed by atoms with van der Waals surface area (Å²) in [5.41, 5.74) is 0.0196. The predicted molar refractivity (Wildman–Crippen MR) is 73.9 cm³/mol. The highest BCUT2D eigenvalue weighted by Gasteiger charge is 2.40. The first-order valence-electron chi connectivity index (χ1n) is 5.29. The molecule has 1 aromatic carbocycles. The molecular formula is C12H14BrFO4S. The number of halogens is 2. The fraction of sp³-hybridized carbons (Fsp3) is 0.417. The summed E-state index contributed by atoms with van der Waals surface area (Å²) >= 11 is 2.96. The molecule has 4 nitrogen and oxygen atoms in total. The van der Waals surface area contributed by atoms with Crippen molar-refractivity contribution < 1.29 is 22.3 Å². The number of carbonyl (C=O) groups is 1. The van der Waals surface area contributed by atoms with Crippen LogP contribution >= 0.6 is 15.9 Å². The van der Waals surface area contributed by atoms with Crippen LogP contribution in [-0.4, -0.2) is 32.3 Å². The molecule has 0 fully saturated rings. The SMILES string of the molecule is COc1cc(F)c(Br)cc1C(=O)C(C)(C)S(C)(=O)=O. The van der Waals surface area contributed by atoms with Crippen molar-refractivity contribution in [3.8, 4) is 5.75 Å². The van der Waals surface area contributed by atoms with Crippen molar-refractivity contribution in [1.29, 1.82) is 0 Å². The van der Waals surface area contributed by atoms with E-state index in [9.17, 15) is 17.6 Å². The first-order chi connectivity index (χ1) is 8.52. The van der Waals surface area contributed by atoms with Gasteiger partial charge in [0.2, 0.25) is 0 Å². The summed E-state index contributed by atoms with van der Waals surface area (Å²) in [6.07, 6.45) is 0.982. The van der Waals surface area contributed by atoms with Crippen LogP contribution in [0.3, 0.4) is 0 Å². The van der Waals surface area contributed by atoms with Crippen molar-refractivity contribution >= 4 is 31.6 Å². The second-order valence-electron chi connectivity index (χ2n) is 4.58. The average Bonchev–Trinajstić information content (AvgIpc) is 2.29. The summed E-state index contributed by atoms with van der Waals surface area (Å²) in [4.78, 5) is 12.4. The maximum Gasteiger partial charge on any atom is 0.187 e. The van der Waals surface area contributed by atoms with E-state index in [1.54, 1.807) is 0 Å². The smallest absolute Gasteiger partial charge is 0.187 e. The van der Waals surface area contributed by atoms with Gasteiger partial charge >= 0.3 is 0 Å². The molecule has 0 aliphatic carbocycles. The van der Waals surface area contributed by atoms with Crippen molar-refractivity contribution in [2.24, 2.45) is 0 Å². The van der Waals surface area contributed by atoms with Gasteiger partial charge in [-0.1, -0.05) is 0 Å². The van der Waals surface area contributed by atoms with E-state index in [1.165, 1.54) is 27.0 Å². The highest BCUT2D eigenvalue weighted by atomic mass is 79.9. The number of hydrogen-bond donors (Lipinski definition) is 0. The second-order valence-corrected chi connectivity index (χ2v) is 8.00. The van der Waals surface area contributed by atoms with Gasteiger partial charge in [-0.25, -0.2) is 12.8 Å². The molecule has 0 N–H and O–H groups in total. The lowest BCUT2D eigenvalue weighted by Gasteiger charge is -2.22. The Hall–Kier alpha value is -0.950. The molecule has 0 bridgehead atoms. The van der Waals surface area contributed by atoms with Crippen molar-refractivity contribution in [2.75, 3.05) is 13.4 Å². The van der Waals surface area contributed by atoms with Crippen LogP contribution in [0.4, 0.5) is 4.39 Å². The topological polar surface area (TPSA) is 60.4 Å². The van der Waals surface area contributed by atoms with Crippen molar-refractivity contribution in [2.45, 2.75) is 18.6 Å². The van der Waals surface area contributed by atoms with Gasteiger partial charge in [0.25, 0.3) is 0 Å². The number of Topliss-reactive ketones (excluding diaryl/α,β-unsaturated/α-hetero) is 1. The summed E-state index contributed by atoms with van der Waals surface area (Å²) in [6.45, 7) is 2.61. The van der Waals surface area contributed by atoms with E-state index in [0.717, 1.165) is 12.3 Å². The molecule has 0 aliphatic rings. The van der Waals surface area contributed by atoms with Gasteiger partial charge in [-0.05, 0) is 35.8 Å². The van der Waals surface area contributed by atoms with Crippen LogP contribution in [0.25, 0.3) is 0 Å². The Kier molecular flexibility index (Phi) is 4.41. The van der Waals surface area contributed by atoms with Crippen LogP contribution in [0, 0.1) is 5.82 Å². The van der Waals surface area contributed by atoms with Crippen LogP contribution in [0.2, 0.25) is 0 Å². The first kappa shape index (κ1) is 16.1. The Balaban J connectivity index is 3.47. The Labute approximate surface area is 120 Å². The minimum Gasteiger partial charge on any atom is -0.496 e. The summed E-state index contributed by atoms with van der Waals surface area (Å²) in [5, 5.41) is 0. The minimum atomic E-state index is -3.61. The largest absolute Gasteiger partial charge is 0.496 e. The molecule has 0 saturated carbocycles. The molecule has 0 unspecified atom stereocenters. The third-order valence-electron chi connectivity index (χ3n) is 2.96. The van der Waals surface area contributed by atoms with Crippen LogP contribution < -0.4 is 4.74 Å². The third-order valence-corrected chi connectivity index (χ3v) is 5.61. The fourth-order valence-electron chi connectivity index (χ4n) is 1.37. The van der Waals surface area contributed by atoms with Gasteiger partial charge in [0.1, 0.15) is 16.3 Å². The number of carbonyl (C=O) groups excluding carboxylic acids is 1. The standard InChI is InChI=1S/C12H14BrFO4S/c1-12(2,19(4,16)17)11(15)7-5-8(13)9(14)6-10(7)18-3/h5-6H,1-4H3. The van der Waals surface area contributed by atoms with Gasteiger partial charge in [-0.2, -0.15) is 0 Å². The van der Waals surface area contributed by atoms with E-state index in [1.807, 2.05) is 0 Å². The van der Waals surface area contributed by atoms with E-state index < -0.39 is 26.2 Å². The van der Waals surface area contributed by atoms with Gasteiger partial charge in [-0.15, -0.1) is 0 Å². The number of hydrogen-bond acceptors (Lipinski definition) is 4. The van der Waals surface area contributed by atoms with Crippen LogP contribution in [0.5, 0.6) is 5.75 Å². The van der Waals surface area contributed by atoms with Gasteiger partial charge < -0.3 is 4.74 Å². The number of ketones is 1. The zero-order valence-electron chi connectivity index (χ0n) is 11.0. The van der Waals surface area contributed by atoms with Gasteiger partial charge in [-0.3, -0.25) is 4.79 Å². The van der Waals surface area contributed by atoms with E-state index in [4.69, 9.17) is 4.74 Å². The van der Waals surface area contributed by atoms with E-state index in [0.29, 0.717) is 0 Å². The van der Waals surface area contributed by atoms with E-state index >= 15 is 0 Å². The maximum atomic E-state index is 13.4. The molecule has 1 aromatic rings. The minimum absolute atomic E-state index is 0.00225. The van der Waals surface area contributed by atoms with Crippen molar-refractivity contribution in [3.63, 3.8) is 0 Å². The Morgan fingerprint density at radius 1 is 1.37 bits per heavy atom. The molecular weight excluding hydrogens is 339 g/mol. The fourth-order valence-corrected chi connectivity index (χ4v) is 2.16. The molecule has 0 aromatic heterocycles. The summed E-state index contributed by atoms with van der Waals surface area (Å²) < 4.78 is 40.1. The van der Waals surface area contributed by atoms with Gasteiger partial charge in [0.15, 0.2) is 15.6 Å². The second kappa shape index (κ2) is 5.20. The van der Waals surface area contributed by atoms with Crippen LogP contribution in [0.1, 0.15) is 24.2 Å². The number of methoxy groups -OCH3 is 1. The van der Waals surface area contributed by atoms with Gasteiger partial charge in [0, 0.05) is 12.3 Å². The molecule has 0 heterocycles. The van der Waals surface area contributed by atoms with Gasteiger partial charge in [0.05, 0.1) is 17.1 Å². The van der Waals surface area contributed by atoms with E-state index in [2.05, 4.69) is 15.9 Å². The highest BCUT2D eigenvalue weighted by molar-refractivity contribution is 9.10. The normalized spacial score (nSPS) is 12.3. The van der Waals surface area contributed by atoms with Crippen LogP contribution in [0.15, 0.2) is 16.6 Å². The number of sulfone groups is 1. The molecule has 0 saturated heterocycles. The van der Waals surface area contributed by atoms with Crippen LogP contribution in [-0.2, 0) is 9.84 Å². The average molecular weight is 353 g/mol. The Morgan fingerprint density at radius 2 is 1.89 bits per heavy atom. The van der Waals surface area contributed by atoms with E-state index in [-0.39, 0.29) is 15.8 Å². The molecule has 1 rings (SSSR count). The number of benzene rings is 1. The highest BCUT2D eigenvalue weighted by Crippen LogP contribution is 2.31. The zero-order valence-corrected chi connectivity index (χ0v) is 13.4. The van der Waals surface area contributed by atoms with Crippen molar-refractivity contribution in [3.05, 3.63) is 28.0 Å². The molecule has 0 amide bonds. The number of rotatable bonds is 4. The Morgan fingerprint density at radius 3 is 2.32 bits per heavy atom. The molecule has 0 radical (unpaired) electrons. The predicted octanol–water partition coefficient (Wildman–Crippen LogP) is 2.60. The first-order valence-corrected chi connectivity index (χ1v) is 7.98. The lowest BCUT2D eigenvalue weighted by atomic mass is 9.99. The lowest BCUT2D eigenvalue weighted by molar-refractivity contribution is 0.0951. The molecule has 0 aliphatic heterocycles. The van der Waals surface area contributed by atoms with Crippen molar-refractivity contribution in [1.82, 2.24) is 0 Å². The molecule has 7 heteroatoms. The summed E-state index contributed by atoms with van der Waals surface area (Å²) in [6, 6.07) is 2.26. The maximum absolute atomic E-state index is 13.4. The summed E-state index contributed by atoms with van der Waals surface area (Å²) in [7, 11) is -2.33. The molecule has 0 spiro atoms. The number of ether oxygens (including phenoxy) is 1. The third kappa shape index (κ3) is 2.97.